The Bertz CT molecular complexity index is 536. The Balaban J connectivity index is 1.60. The van der Waals surface area contributed by atoms with Crippen LogP contribution in [0.5, 0.6) is 5.75 Å². The van der Waals surface area contributed by atoms with Crippen LogP contribution in [0.3, 0.4) is 0 Å². The van der Waals surface area contributed by atoms with Crippen LogP contribution in [0, 0.1) is 6.92 Å². The fourth-order valence-corrected chi connectivity index (χ4v) is 3.02. The van der Waals surface area contributed by atoms with E-state index in [2.05, 4.69) is 10.6 Å². The third kappa shape index (κ3) is 6.52. The minimum atomic E-state index is -0.380. The number of carbonyl (C=O) groups is 2. The summed E-state index contributed by atoms with van der Waals surface area (Å²) in [6.45, 7) is 3.29. The van der Waals surface area contributed by atoms with Crippen LogP contribution < -0.4 is 15.4 Å². The van der Waals surface area contributed by atoms with Crippen molar-refractivity contribution in [2.45, 2.75) is 32.2 Å². The molecule has 1 aromatic rings. The van der Waals surface area contributed by atoms with Gasteiger partial charge in [0.25, 0.3) is 0 Å². The quantitative estimate of drug-likeness (QED) is 0.746. The van der Waals surface area contributed by atoms with Crippen LogP contribution >= 0.6 is 11.8 Å². The van der Waals surface area contributed by atoms with Gasteiger partial charge in [-0.3, -0.25) is 9.59 Å². The molecule has 0 radical (unpaired) electrons. The summed E-state index contributed by atoms with van der Waals surface area (Å²) in [4.78, 5) is 23.7. The standard InChI is InChI=1S/C17H24N2O3S/c1-13-5-4-6-14(11-13)22-9-10-23-12-16(20)19-15-7-2-3-8-18-17(15)21/h4-6,11,15H,2-3,7-10,12H2,1H3,(H,18,21)(H,19,20)/t15-/m1/s1. The maximum absolute atomic E-state index is 11.9. The smallest absolute Gasteiger partial charge is 0.242 e. The first-order valence-electron chi connectivity index (χ1n) is 7.99. The van der Waals surface area contributed by atoms with Gasteiger partial charge in [0.15, 0.2) is 0 Å². The van der Waals surface area contributed by atoms with Crippen molar-refractivity contribution in [1.29, 1.82) is 0 Å². The number of aryl methyl sites for hydroxylation is 1. The number of hydrogen-bond donors (Lipinski definition) is 2. The zero-order chi connectivity index (χ0) is 16.5. The Morgan fingerprint density at radius 3 is 3.13 bits per heavy atom. The number of carbonyl (C=O) groups excluding carboxylic acids is 2. The average molecular weight is 336 g/mol. The zero-order valence-corrected chi connectivity index (χ0v) is 14.3. The van der Waals surface area contributed by atoms with Gasteiger partial charge in [0.1, 0.15) is 11.8 Å². The van der Waals surface area contributed by atoms with E-state index in [1.54, 1.807) is 0 Å². The Hall–Kier alpha value is -1.69. The van der Waals surface area contributed by atoms with Crippen molar-refractivity contribution in [3.05, 3.63) is 29.8 Å². The van der Waals surface area contributed by atoms with E-state index in [1.165, 1.54) is 11.8 Å². The Morgan fingerprint density at radius 2 is 2.30 bits per heavy atom. The number of ether oxygens (including phenoxy) is 1. The molecule has 1 aliphatic rings. The molecule has 0 saturated carbocycles. The summed E-state index contributed by atoms with van der Waals surface area (Å²) in [7, 11) is 0. The number of benzene rings is 1. The van der Waals surface area contributed by atoms with Crippen LogP contribution in [-0.4, -0.2) is 42.5 Å². The number of rotatable bonds is 7. The second-order valence-corrected chi connectivity index (χ2v) is 6.73. The van der Waals surface area contributed by atoms with Crippen LogP contribution in [0.1, 0.15) is 24.8 Å². The number of nitrogens with one attached hydrogen (secondary N) is 2. The van der Waals surface area contributed by atoms with Crippen LogP contribution in [0.4, 0.5) is 0 Å². The lowest BCUT2D eigenvalue weighted by Gasteiger charge is -2.15. The topological polar surface area (TPSA) is 67.4 Å². The Labute approximate surface area is 141 Å². The molecule has 5 nitrogen and oxygen atoms in total. The molecule has 2 N–H and O–H groups in total. The van der Waals surface area contributed by atoms with Gasteiger partial charge >= 0.3 is 0 Å². The summed E-state index contributed by atoms with van der Waals surface area (Å²) in [6.07, 6.45) is 2.66. The fraction of sp³-hybridized carbons (Fsp3) is 0.529. The van der Waals surface area contributed by atoms with Gasteiger partial charge in [0.05, 0.1) is 12.4 Å². The van der Waals surface area contributed by atoms with Crippen molar-refractivity contribution in [2.75, 3.05) is 24.7 Å². The van der Waals surface area contributed by atoms with Crippen molar-refractivity contribution in [2.24, 2.45) is 0 Å². The third-order valence-electron chi connectivity index (χ3n) is 3.59. The molecule has 0 bridgehead atoms. The first kappa shape index (κ1) is 17.7. The van der Waals surface area contributed by atoms with E-state index in [9.17, 15) is 9.59 Å². The van der Waals surface area contributed by atoms with E-state index in [4.69, 9.17) is 4.74 Å². The second kappa shape index (κ2) is 9.45. The molecule has 1 aliphatic heterocycles. The highest BCUT2D eigenvalue weighted by Crippen LogP contribution is 2.13. The van der Waals surface area contributed by atoms with Gasteiger partial charge in [-0.1, -0.05) is 12.1 Å². The first-order chi connectivity index (χ1) is 11.1. The molecule has 1 saturated heterocycles. The van der Waals surface area contributed by atoms with Crippen LogP contribution in [-0.2, 0) is 9.59 Å². The molecule has 126 valence electrons. The average Bonchev–Trinajstić information content (AvgIpc) is 2.72. The van der Waals surface area contributed by atoms with E-state index < -0.39 is 0 Å². The summed E-state index contributed by atoms with van der Waals surface area (Å²) >= 11 is 1.51. The highest BCUT2D eigenvalue weighted by molar-refractivity contribution is 7.99. The number of thioether (sulfide) groups is 1. The van der Waals surface area contributed by atoms with Gasteiger partial charge in [-0.05, 0) is 43.9 Å². The van der Waals surface area contributed by atoms with Crippen LogP contribution in [0.15, 0.2) is 24.3 Å². The predicted octanol–water partition coefficient (Wildman–Crippen LogP) is 1.89. The highest BCUT2D eigenvalue weighted by atomic mass is 32.2. The molecular formula is C17H24N2O3S. The van der Waals surface area contributed by atoms with Crippen molar-refractivity contribution < 1.29 is 14.3 Å². The molecule has 0 unspecified atom stereocenters. The molecule has 0 aliphatic carbocycles. The molecule has 0 spiro atoms. The van der Waals surface area contributed by atoms with Crippen LogP contribution in [0.25, 0.3) is 0 Å². The summed E-state index contributed by atoms with van der Waals surface area (Å²) in [5.41, 5.74) is 1.16. The maximum Gasteiger partial charge on any atom is 0.242 e. The Morgan fingerprint density at radius 1 is 1.43 bits per heavy atom. The van der Waals surface area contributed by atoms with Gasteiger partial charge in [-0.2, -0.15) is 0 Å². The minimum absolute atomic E-state index is 0.0661. The molecule has 23 heavy (non-hydrogen) atoms. The van der Waals surface area contributed by atoms with Gasteiger partial charge in [0.2, 0.25) is 11.8 Å². The molecular weight excluding hydrogens is 312 g/mol. The fourth-order valence-electron chi connectivity index (χ4n) is 2.40. The number of hydrogen-bond acceptors (Lipinski definition) is 4. The molecule has 1 aromatic carbocycles. The van der Waals surface area contributed by atoms with Gasteiger partial charge in [-0.25, -0.2) is 0 Å². The lowest BCUT2D eigenvalue weighted by molar-refractivity contribution is -0.127. The largest absolute Gasteiger partial charge is 0.493 e. The van der Waals surface area contributed by atoms with Crippen molar-refractivity contribution in [3.8, 4) is 5.75 Å². The SMILES string of the molecule is Cc1cccc(OCCSCC(=O)N[C@@H]2CCCCNC2=O)c1. The van der Waals surface area contributed by atoms with E-state index in [1.807, 2.05) is 31.2 Å². The predicted molar refractivity (Wildman–Crippen MR) is 92.8 cm³/mol. The highest BCUT2D eigenvalue weighted by Gasteiger charge is 2.21. The van der Waals surface area contributed by atoms with E-state index in [-0.39, 0.29) is 17.9 Å². The van der Waals surface area contributed by atoms with Crippen molar-refractivity contribution in [3.63, 3.8) is 0 Å². The number of amides is 2. The molecule has 6 heteroatoms. The van der Waals surface area contributed by atoms with E-state index in [0.29, 0.717) is 18.9 Å². The Kier molecular flexibility index (Phi) is 7.26. The van der Waals surface area contributed by atoms with Gasteiger partial charge in [-0.15, -0.1) is 11.8 Å². The summed E-state index contributed by atoms with van der Waals surface area (Å²) in [6, 6.07) is 7.52. The molecule has 1 heterocycles. The van der Waals surface area contributed by atoms with Crippen LogP contribution in [0.2, 0.25) is 0 Å². The molecule has 2 rings (SSSR count). The molecule has 2 amide bonds. The van der Waals surface area contributed by atoms with Crippen molar-refractivity contribution >= 4 is 23.6 Å². The zero-order valence-electron chi connectivity index (χ0n) is 13.5. The van der Waals surface area contributed by atoms with E-state index in [0.717, 1.165) is 36.3 Å². The van der Waals surface area contributed by atoms with E-state index >= 15 is 0 Å². The lowest BCUT2D eigenvalue weighted by atomic mass is 10.1. The summed E-state index contributed by atoms with van der Waals surface area (Å²) < 4.78 is 5.64. The van der Waals surface area contributed by atoms with Gasteiger partial charge < -0.3 is 15.4 Å². The molecule has 1 atom stereocenters. The normalized spacial score (nSPS) is 18.0. The van der Waals surface area contributed by atoms with Gasteiger partial charge in [0, 0.05) is 12.3 Å². The maximum atomic E-state index is 11.9. The first-order valence-corrected chi connectivity index (χ1v) is 9.15. The minimum Gasteiger partial charge on any atom is -0.493 e. The monoisotopic (exact) mass is 336 g/mol. The van der Waals surface area contributed by atoms with Crippen molar-refractivity contribution in [1.82, 2.24) is 10.6 Å². The molecule has 0 aromatic heterocycles. The second-order valence-electron chi connectivity index (χ2n) is 5.62. The lowest BCUT2D eigenvalue weighted by Crippen LogP contribution is -2.46. The third-order valence-corrected chi connectivity index (χ3v) is 4.51. The summed E-state index contributed by atoms with van der Waals surface area (Å²) in [5.74, 6) is 1.78. The molecule has 1 fully saturated rings. The summed E-state index contributed by atoms with van der Waals surface area (Å²) in [5, 5.41) is 5.63.